The Hall–Kier alpha value is -2.33. The van der Waals surface area contributed by atoms with Gasteiger partial charge in [0, 0.05) is 5.39 Å². The van der Waals surface area contributed by atoms with E-state index in [1.165, 1.54) is 6.07 Å². The van der Waals surface area contributed by atoms with E-state index in [0.717, 1.165) is 23.0 Å². The standard InChI is InChI=1S/C16H12F2N2/c17-12-7-5-11(9-13(12)18)16(19)15-8-6-10-3-1-2-4-14(10)20-15/h1-9,16H,19H2. The van der Waals surface area contributed by atoms with Gasteiger partial charge < -0.3 is 5.73 Å². The summed E-state index contributed by atoms with van der Waals surface area (Å²) in [6.45, 7) is 0. The molecule has 4 heteroatoms. The van der Waals surface area contributed by atoms with Gasteiger partial charge in [-0.15, -0.1) is 0 Å². The van der Waals surface area contributed by atoms with Gasteiger partial charge in [-0.05, 0) is 29.8 Å². The highest BCUT2D eigenvalue weighted by atomic mass is 19.2. The first kappa shape index (κ1) is 12.7. The third-order valence-corrected chi connectivity index (χ3v) is 3.24. The molecule has 1 unspecified atom stereocenters. The van der Waals surface area contributed by atoms with Crippen LogP contribution in [0.5, 0.6) is 0 Å². The summed E-state index contributed by atoms with van der Waals surface area (Å²) in [5, 5.41) is 1.01. The van der Waals surface area contributed by atoms with Gasteiger partial charge in [-0.2, -0.15) is 0 Å². The second-order valence-corrected chi connectivity index (χ2v) is 4.58. The molecule has 0 aliphatic heterocycles. The molecule has 1 atom stereocenters. The molecule has 0 spiro atoms. The van der Waals surface area contributed by atoms with Crippen LogP contribution in [0.25, 0.3) is 10.9 Å². The summed E-state index contributed by atoms with van der Waals surface area (Å²) < 4.78 is 26.2. The Morgan fingerprint density at radius 2 is 1.70 bits per heavy atom. The molecular formula is C16H12F2N2. The van der Waals surface area contributed by atoms with Crippen LogP contribution < -0.4 is 5.73 Å². The lowest BCUT2D eigenvalue weighted by molar-refractivity contribution is 0.506. The lowest BCUT2D eigenvalue weighted by atomic mass is 10.0. The van der Waals surface area contributed by atoms with E-state index in [1.54, 1.807) is 6.07 Å². The van der Waals surface area contributed by atoms with Crippen molar-refractivity contribution in [2.45, 2.75) is 6.04 Å². The lowest BCUT2D eigenvalue weighted by Crippen LogP contribution is -2.14. The van der Waals surface area contributed by atoms with E-state index in [4.69, 9.17) is 5.73 Å². The predicted octanol–water partition coefficient (Wildman–Crippen LogP) is 3.56. The molecule has 0 aliphatic rings. The average Bonchev–Trinajstić information content (AvgIpc) is 2.49. The molecule has 2 N–H and O–H groups in total. The number of halogens is 2. The number of fused-ring (bicyclic) bond motifs is 1. The van der Waals surface area contributed by atoms with Crippen LogP contribution in [0.15, 0.2) is 54.6 Å². The zero-order valence-corrected chi connectivity index (χ0v) is 10.6. The maximum absolute atomic E-state index is 13.3. The minimum atomic E-state index is -0.904. The van der Waals surface area contributed by atoms with Crippen LogP contribution in [0, 0.1) is 11.6 Å². The van der Waals surface area contributed by atoms with Gasteiger partial charge in [0.15, 0.2) is 11.6 Å². The summed E-state index contributed by atoms with van der Waals surface area (Å²) >= 11 is 0. The second-order valence-electron chi connectivity index (χ2n) is 4.58. The molecule has 2 aromatic carbocycles. The molecule has 1 aromatic heterocycles. The molecule has 0 saturated carbocycles. The monoisotopic (exact) mass is 270 g/mol. The van der Waals surface area contributed by atoms with Crippen LogP contribution in [0.2, 0.25) is 0 Å². The Labute approximate surface area is 114 Å². The topological polar surface area (TPSA) is 38.9 Å². The number of para-hydroxylation sites is 1. The minimum absolute atomic E-state index is 0.492. The van der Waals surface area contributed by atoms with Gasteiger partial charge in [0.05, 0.1) is 17.3 Å². The van der Waals surface area contributed by atoms with Crippen molar-refractivity contribution in [2.75, 3.05) is 0 Å². The molecule has 20 heavy (non-hydrogen) atoms. The van der Waals surface area contributed by atoms with Crippen LogP contribution in [-0.4, -0.2) is 4.98 Å². The van der Waals surface area contributed by atoms with E-state index in [2.05, 4.69) is 4.98 Å². The van der Waals surface area contributed by atoms with Crippen LogP contribution in [0.1, 0.15) is 17.3 Å². The van der Waals surface area contributed by atoms with Crippen molar-refractivity contribution >= 4 is 10.9 Å². The van der Waals surface area contributed by atoms with Crippen molar-refractivity contribution in [1.29, 1.82) is 0 Å². The van der Waals surface area contributed by atoms with Crippen molar-refractivity contribution in [2.24, 2.45) is 5.73 Å². The number of nitrogens with two attached hydrogens (primary N) is 1. The van der Waals surface area contributed by atoms with Crippen LogP contribution in [0.3, 0.4) is 0 Å². The maximum Gasteiger partial charge on any atom is 0.159 e. The van der Waals surface area contributed by atoms with Crippen LogP contribution in [-0.2, 0) is 0 Å². The number of pyridine rings is 1. The lowest BCUT2D eigenvalue weighted by Gasteiger charge is -2.12. The van der Waals surface area contributed by atoms with Gasteiger partial charge in [0.2, 0.25) is 0 Å². The summed E-state index contributed by atoms with van der Waals surface area (Å²) in [6, 6.07) is 14.4. The molecule has 1 heterocycles. The molecule has 0 amide bonds. The van der Waals surface area contributed by atoms with Crippen molar-refractivity contribution < 1.29 is 8.78 Å². The molecule has 0 fully saturated rings. The minimum Gasteiger partial charge on any atom is -0.319 e. The van der Waals surface area contributed by atoms with Gasteiger partial charge in [-0.1, -0.05) is 30.3 Å². The summed E-state index contributed by atoms with van der Waals surface area (Å²) in [7, 11) is 0. The van der Waals surface area contributed by atoms with Gasteiger partial charge in [0.1, 0.15) is 0 Å². The third-order valence-electron chi connectivity index (χ3n) is 3.24. The summed E-state index contributed by atoms with van der Waals surface area (Å²) in [6.07, 6.45) is 0. The zero-order valence-electron chi connectivity index (χ0n) is 10.6. The third kappa shape index (κ3) is 2.26. The molecule has 0 radical (unpaired) electrons. The first-order valence-corrected chi connectivity index (χ1v) is 6.21. The zero-order chi connectivity index (χ0) is 14.1. The van der Waals surface area contributed by atoms with Gasteiger partial charge in [-0.3, -0.25) is 4.98 Å². The van der Waals surface area contributed by atoms with Gasteiger partial charge in [0.25, 0.3) is 0 Å². The number of hydrogen-bond donors (Lipinski definition) is 1. The number of nitrogens with zero attached hydrogens (tertiary/aromatic N) is 1. The van der Waals surface area contributed by atoms with E-state index in [-0.39, 0.29) is 0 Å². The van der Waals surface area contributed by atoms with Crippen molar-refractivity contribution in [1.82, 2.24) is 4.98 Å². The van der Waals surface area contributed by atoms with Gasteiger partial charge >= 0.3 is 0 Å². The first-order chi connectivity index (χ1) is 9.65. The molecular weight excluding hydrogens is 258 g/mol. The summed E-state index contributed by atoms with van der Waals surface area (Å²) in [4.78, 5) is 4.46. The van der Waals surface area contributed by atoms with E-state index in [0.29, 0.717) is 11.3 Å². The molecule has 100 valence electrons. The van der Waals surface area contributed by atoms with E-state index in [9.17, 15) is 8.78 Å². The Morgan fingerprint density at radius 1 is 0.900 bits per heavy atom. The fraction of sp³-hybridized carbons (Fsp3) is 0.0625. The Balaban J connectivity index is 2.02. The van der Waals surface area contributed by atoms with Crippen molar-refractivity contribution in [3.05, 3.63) is 77.5 Å². The van der Waals surface area contributed by atoms with E-state index < -0.39 is 17.7 Å². The molecule has 0 bridgehead atoms. The maximum atomic E-state index is 13.3. The van der Waals surface area contributed by atoms with E-state index >= 15 is 0 Å². The average molecular weight is 270 g/mol. The number of rotatable bonds is 2. The summed E-state index contributed by atoms with van der Waals surface area (Å²) in [5.41, 5.74) is 8.01. The molecule has 3 aromatic rings. The molecule has 3 rings (SSSR count). The van der Waals surface area contributed by atoms with Gasteiger partial charge in [-0.25, -0.2) is 8.78 Å². The number of benzene rings is 2. The largest absolute Gasteiger partial charge is 0.319 e. The highest BCUT2D eigenvalue weighted by molar-refractivity contribution is 5.78. The number of aromatic nitrogens is 1. The normalized spacial score (nSPS) is 12.6. The number of hydrogen-bond acceptors (Lipinski definition) is 2. The Kier molecular flexibility index (Phi) is 3.16. The Morgan fingerprint density at radius 3 is 2.50 bits per heavy atom. The van der Waals surface area contributed by atoms with Crippen molar-refractivity contribution in [3.63, 3.8) is 0 Å². The highest BCUT2D eigenvalue weighted by Gasteiger charge is 2.13. The highest BCUT2D eigenvalue weighted by Crippen LogP contribution is 2.22. The SMILES string of the molecule is NC(c1ccc(F)c(F)c1)c1ccc2ccccc2n1. The van der Waals surface area contributed by atoms with Crippen molar-refractivity contribution in [3.8, 4) is 0 Å². The first-order valence-electron chi connectivity index (χ1n) is 6.21. The van der Waals surface area contributed by atoms with Crippen LogP contribution >= 0.6 is 0 Å². The van der Waals surface area contributed by atoms with E-state index in [1.807, 2.05) is 30.3 Å². The smallest absolute Gasteiger partial charge is 0.159 e. The molecule has 2 nitrogen and oxygen atoms in total. The fourth-order valence-corrected chi connectivity index (χ4v) is 2.13. The fourth-order valence-electron chi connectivity index (χ4n) is 2.13. The molecule has 0 aliphatic carbocycles. The second kappa shape index (κ2) is 4.98. The predicted molar refractivity (Wildman–Crippen MR) is 74.1 cm³/mol. The quantitative estimate of drug-likeness (QED) is 0.773. The van der Waals surface area contributed by atoms with Crippen LogP contribution in [0.4, 0.5) is 8.78 Å². The summed E-state index contributed by atoms with van der Waals surface area (Å²) in [5.74, 6) is -1.79. The molecule has 0 saturated heterocycles. The Bertz CT molecular complexity index is 771.